The molecule has 1 aromatic carbocycles. The zero-order chi connectivity index (χ0) is 14.8. The molecule has 110 valence electrons. The highest BCUT2D eigenvalue weighted by Gasteiger charge is 2.34. The molecule has 0 spiro atoms. The molecule has 0 atom stereocenters. The average molecular weight is 299 g/mol. The Morgan fingerprint density at radius 3 is 2.35 bits per heavy atom. The lowest BCUT2D eigenvalue weighted by Gasteiger charge is -2.37. The Morgan fingerprint density at radius 2 is 1.95 bits per heavy atom. The smallest absolute Gasteiger partial charge is 0.269 e. The van der Waals surface area contributed by atoms with Crippen molar-refractivity contribution in [3.8, 4) is 0 Å². The minimum absolute atomic E-state index is 0.0323. The summed E-state index contributed by atoms with van der Waals surface area (Å²) in [5.74, 6) is 0. The first-order chi connectivity index (χ1) is 9.46. The average Bonchev–Trinajstić information content (AvgIpc) is 2.36. The lowest BCUT2D eigenvalue weighted by molar-refractivity contribution is -0.384. The van der Waals surface area contributed by atoms with Gasteiger partial charge in [0.05, 0.1) is 15.9 Å². The summed E-state index contributed by atoms with van der Waals surface area (Å²) in [5.41, 5.74) is -0.115. The lowest BCUT2D eigenvalue weighted by atomic mass is 10.2. The van der Waals surface area contributed by atoms with Crippen LogP contribution in [0.15, 0.2) is 29.2 Å². The summed E-state index contributed by atoms with van der Waals surface area (Å²) in [6.45, 7) is 3.66. The first-order valence-electron chi connectivity index (χ1n) is 6.44. The van der Waals surface area contributed by atoms with Crippen molar-refractivity contribution in [3.05, 3.63) is 34.4 Å². The van der Waals surface area contributed by atoms with Crippen molar-refractivity contribution in [1.82, 2.24) is 9.62 Å². The number of benzene rings is 1. The zero-order valence-corrected chi connectivity index (χ0v) is 12.0. The molecule has 1 aromatic rings. The number of nitrogens with zero attached hydrogens (tertiary/aromatic N) is 2. The lowest BCUT2D eigenvalue weighted by Crippen LogP contribution is -2.58. The van der Waals surface area contributed by atoms with Crippen molar-refractivity contribution >= 4 is 15.7 Å². The maximum absolute atomic E-state index is 12.6. The summed E-state index contributed by atoms with van der Waals surface area (Å²) >= 11 is 0. The van der Waals surface area contributed by atoms with Crippen molar-refractivity contribution < 1.29 is 13.3 Å². The van der Waals surface area contributed by atoms with Crippen LogP contribution in [0.5, 0.6) is 0 Å². The summed E-state index contributed by atoms with van der Waals surface area (Å²) in [4.78, 5) is 10.2. The van der Waals surface area contributed by atoms with E-state index in [-0.39, 0.29) is 16.6 Å². The molecule has 0 aromatic heterocycles. The molecule has 2 rings (SSSR count). The van der Waals surface area contributed by atoms with Crippen LogP contribution in [-0.2, 0) is 10.0 Å². The minimum atomic E-state index is -3.60. The fourth-order valence-corrected chi connectivity index (χ4v) is 3.79. The fraction of sp³-hybridized carbons (Fsp3) is 0.500. The number of nitro groups is 1. The van der Waals surface area contributed by atoms with Gasteiger partial charge in [-0.3, -0.25) is 10.1 Å². The van der Waals surface area contributed by atoms with Crippen LogP contribution in [0.25, 0.3) is 0 Å². The minimum Gasteiger partial charge on any atom is -0.313 e. The predicted molar refractivity (Wildman–Crippen MR) is 73.9 cm³/mol. The Balaban J connectivity index is 2.29. The van der Waals surface area contributed by atoms with E-state index in [9.17, 15) is 18.5 Å². The second kappa shape index (κ2) is 5.86. The quantitative estimate of drug-likeness (QED) is 0.624. The topological polar surface area (TPSA) is 92.6 Å². The molecule has 1 fully saturated rings. The van der Waals surface area contributed by atoms with Gasteiger partial charge in [-0.2, -0.15) is 4.31 Å². The maximum atomic E-state index is 12.6. The molecular formula is C12H17N3O4S. The molecule has 0 bridgehead atoms. The van der Waals surface area contributed by atoms with Crippen LogP contribution in [-0.4, -0.2) is 43.3 Å². The normalized spacial score (nSPS) is 16.1. The van der Waals surface area contributed by atoms with E-state index < -0.39 is 14.9 Å². The van der Waals surface area contributed by atoms with E-state index in [1.807, 2.05) is 6.92 Å². The molecule has 0 unspecified atom stereocenters. The van der Waals surface area contributed by atoms with Crippen LogP contribution in [0, 0.1) is 10.1 Å². The van der Waals surface area contributed by atoms with Gasteiger partial charge in [0.25, 0.3) is 5.69 Å². The molecule has 8 heteroatoms. The Kier molecular flexibility index (Phi) is 4.36. The molecule has 1 saturated heterocycles. The summed E-state index contributed by atoms with van der Waals surface area (Å²) in [7, 11) is -3.60. The molecular weight excluding hydrogens is 282 g/mol. The Bertz CT molecular complexity index is 581. The molecule has 0 amide bonds. The molecule has 7 nitrogen and oxygen atoms in total. The van der Waals surface area contributed by atoms with Crippen molar-refractivity contribution in [3.63, 3.8) is 0 Å². The van der Waals surface area contributed by atoms with E-state index in [0.717, 1.165) is 6.42 Å². The summed E-state index contributed by atoms with van der Waals surface area (Å²) < 4.78 is 26.6. The van der Waals surface area contributed by atoms with E-state index in [0.29, 0.717) is 19.6 Å². The molecule has 1 aliphatic rings. The third kappa shape index (κ3) is 2.82. The highest BCUT2D eigenvalue weighted by Crippen LogP contribution is 2.22. The van der Waals surface area contributed by atoms with Crippen LogP contribution >= 0.6 is 0 Å². The van der Waals surface area contributed by atoms with Crippen LogP contribution in [0.3, 0.4) is 0 Å². The van der Waals surface area contributed by atoms with Gasteiger partial charge in [0.1, 0.15) is 0 Å². The highest BCUT2D eigenvalue weighted by molar-refractivity contribution is 7.89. The first-order valence-corrected chi connectivity index (χ1v) is 7.88. The number of nitro benzene ring substituents is 1. The van der Waals surface area contributed by atoms with Crippen LogP contribution in [0.4, 0.5) is 5.69 Å². The van der Waals surface area contributed by atoms with Gasteiger partial charge in [-0.25, -0.2) is 8.42 Å². The monoisotopic (exact) mass is 299 g/mol. The third-order valence-corrected chi connectivity index (χ3v) is 5.23. The Labute approximate surface area is 117 Å². The van der Waals surface area contributed by atoms with Gasteiger partial charge >= 0.3 is 0 Å². The summed E-state index contributed by atoms with van der Waals surface area (Å²) in [6, 6.07) is 4.99. The van der Waals surface area contributed by atoms with E-state index in [1.54, 1.807) is 0 Å². The standard InChI is InChI=1S/C12H17N3O4S/c1-2-7-14(11-8-13-9-11)20(18,19)12-5-3-10(4-6-12)15(16)17/h3-6,11,13H,2,7-9H2,1H3. The Hall–Kier alpha value is -1.51. The number of non-ortho nitro benzene ring substituents is 1. The Morgan fingerprint density at radius 1 is 1.35 bits per heavy atom. The highest BCUT2D eigenvalue weighted by atomic mass is 32.2. The number of hydrogen-bond donors (Lipinski definition) is 1. The number of nitrogens with one attached hydrogen (secondary N) is 1. The first kappa shape index (κ1) is 14.9. The second-order valence-corrected chi connectivity index (χ2v) is 6.57. The van der Waals surface area contributed by atoms with Gasteiger partial charge in [0.2, 0.25) is 10.0 Å². The largest absolute Gasteiger partial charge is 0.313 e. The van der Waals surface area contributed by atoms with Gasteiger partial charge in [-0.05, 0) is 18.6 Å². The number of sulfonamides is 1. The summed E-state index contributed by atoms with van der Waals surface area (Å²) in [6.07, 6.45) is 0.725. The summed E-state index contributed by atoms with van der Waals surface area (Å²) in [5, 5.41) is 13.7. The molecule has 0 radical (unpaired) electrons. The van der Waals surface area contributed by atoms with Crippen LogP contribution in [0.2, 0.25) is 0 Å². The van der Waals surface area contributed by atoms with Gasteiger partial charge in [-0.1, -0.05) is 6.92 Å². The van der Waals surface area contributed by atoms with E-state index in [4.69, 9.17) is 0 Å². The molecule has 1 heterocycles. The van der Waals surface area contributed by atoms with Crippen LogP contribution < -0.4 is 5.32 Å². The van der Waals surface area contributed by atoms with Crippen LogP contribution in [0.1, 0.15) is 13.3 Å². The van der Waals surface area contributed by atoms with Crippen molar-refractivity contribution in [1.29, 1.82) is 0 Å². The molecule has 1 N–H and O–H groups in total. The molecule has 0 aliphatic carbocycles. The molecule has 20 heavy (non-hydrogen) atoms. The van der Waals surface area contributed by atoms with Crippen molar-refractivity contribution in [2.24, 2.45) is 0 Å². The SMILES string of the molecule is CCCN(C1CNC1)S(=O)(=O)c1ccc([N+](=O)[O-])cc1. The van der Waals surface area contributed by atoms with E-state index in [1.165, 1.54) is 28.6 Å². The zero-order valence-electron chi connectivity index (χ0n) is 11.2. The van der Waals surface area contributed by atoms with E-state index in [2.05, 4.69) is 5.32 Å². The second-order valence-electron chi connectivity index (χ2n) is 4.68. The van der Waals surface area contributed by atoms with Gasteiger partial charge < -0.3 is 5.32 Å². The molecule has 1 aliphatic heterocycles. The van der Waals surface area contributed by atoms with Gasteiger partial charge in [0, 0.05) is 31.8 Å². The van der Waals surface area contributed by atoms with Crippen molar-refractivity contribution in [2.75, 3.05) is 19.6 Å². The van der Waals surface area contributed by atoms with Gasteiger partial charge in [0.15, 0.2) is 0 Å². The van der Waals surface area contributed by atoms with Gasteiger partial charge in [-0.15, -0.1) is 0 Å². The fourth-order valence-electron chi connectivity index (χ4n) is 2.07. The number of hydrogen-bond acceptors (Lipinski definition) is 5. The van der Waals surface area contributed by atoms with Crippen molar-refractivity contribution in [2.45, 2.75) is 24.3 Å². The maximum Gasteiger partial charge on any atom is 0.269 e. The predicted octanol–water partition coefficient (Wildman–Crippen LogP) is 0.967. The third-order valence-electron chi connectivity index (χ3n) is 3.27. The molecule has 0 saturated carbocycles. The number of rotatable bonds is 6. The van der Waals surface area contributed by atoms with E-state index >= 15 is 0 Å².